The number of rotatable bonds is 2. The van der Waals surface area contributed by atoms with Crippen molar-refractivity contribution in [2.75, 3.05) is 0 Å². The lowest BCUT2D eigenvalue weighted by atomic mass is 9.86. The summed E-state index contributed by atoms with van der Waals surface area (Å²) < 4.78 is 5.39. The number of aromatic nitrogens is 2. The van der Waals surface area contributed by atoms with Crippen molar-refractivity contribution in [3.8, 4) is 11.4 Å². The third-order valence-electron chi connectivity index (χ3n) is 3.65. The van der Waals surface area contributed by atoms with E-state index in [4.69, 9.17) is 21.9 Å². The summed E-state index contributed by atoms with van der Waals surface area (Å²) in [6.45, 7) is 0. The SMILES string of the molecule is NC1CCC(c2nc(-c3cccc(Cl)c3)no2)CC1. The van der Waals surface area contributed by atoms with Gasteiger partial charge >= 0.3 is 0 Å². The highest BCUT2D eigenvalue weighted by atomic mass is 35.5. The zero-order valence-corrected chi connectivity index (χ0v) is 11.3. The molecule has 0 atom stereocenters. The highest BCUT2D eigenvalue weighted by Gasteiger charge is 2.24. The Balaban J connectivity index is 1.80. The number of hydrogen-bond acceptors (Lipinski definition) is 4. The van der Waals surface area contributed by atoms with Gasteiger partial charge in [0.25, 0.3) is 0 Å². The van der Waals surface area contributed by atoms with Gasteiger partial charge in [-0.25, -0.2) is 0 Å². The van der Waals surface area contributed by atoms with Crippen molar-refractivity contribution in [1.29, 1.82) is 0 Å². The predicted molar refractivity (Wildman–Crippen MR) is 73.9 cm³/mol. The molecule has 1 saturated carbocycles. The van der Waals surface area contributed by atoms with Crippen molar-refractivity contribution in [2.24, 2.45) is 5.73 Å². The summed E-state index contributed by atoms with van der Waals surface area (Å²) in [4.78, 5) is 4.49. The minimum atomic E-state index is 0.326. The van der Waals surface area contributed by atoms with Crippen LogP contribution in [0.5, 0.6) is 0 Å². The Morgan fingerprint density at radius 1 is 1.21 bits per heavy atom. The van der Waals surface area contributed by atoms with Crippen LogP contribution in [0.3, 0.4) is 0 Å². The Hall–Kier alpha value is -1.39. The van der Waals surface area contributed by atoms with Gasteiger partial charge in [0.05, 0.1) is 0 Å². The van der Waals surface area contributed by atoms with Gasteiger partial charge in [-0.05, 0) is 37.8 Å². The number of nitrogens with two attached hydrogens (primary N) is 1. The second kappa shape index (κ2) is 5.31. The van der Waals surface area contributed by atoms with E-state index in [9.17, 15) is 0 Å². The smallest absolute Gasteiger partial charge is 0.230 e. The monoisotopic (exact) mass is 277 g/mol. The third kappa shape index (κ3) is 2.80. The summed E-state index contributed by atoms with van der Waals surface area (Å²) in [5.41, 5.74) is 6.79. The molecule has 4 nitrogen and oxygen atoms in total. The molecule has 5 heteroatoms. The molecular formula is C14H16ClN3O. The maximum absolute atomic E-state index is 5.97. The van der Waals surface area contributed by atoms with E-state index in [0.717, 1.165) is 37.1 Å². The summed E-state index contributed by atoms with van der Waals surface area (Å²) in [5.74, 6) is 1.68. The first-order valence-corrected chi connectivity index (χ1v) is 6.95. The lowest BCUT2D eigenvalue weighted by Gasteiger charge is -2.22. The molecule has 1 aliphatic rings. The number of halogens is 1. The third-order valence-corrected chi connectivity index (χ3v) is 3.88. The van der Waals surface area contributed by atoms with Crippen molar-refractivity contribution >= 4 is 11.6 Å². The summed E-state index contributed by atoms with van der Waals surface area (Å²) in [6, 6.07) is 7.80. The largest absolute Gasteiger partial charge is 0.339 e. The molecule has 100 valence electrons. The van der Waals surface area contributed by atoms with Crippen LogP contribution in [0.15, 0.2) is 28.8 Å². The number of benzene rings is 1. The van der Waals surface area contributed by atoms with Gasteiger partial charge in [0.2, 0.25) is 11.7 Å². The molecule has 0 aliphatic heterocycles. The Morgan fingerprint density at radius 2 is 2.00 bits per heavy atom. The molecule has 1 aromatic heterocycles. The van der Waals surface area contributed by atoms with Gasteiger partial charge in [-0.1, -0.05) is 28.9 Å². The van der Waals surface area contributed by atoms with Crippen molar-refractivity contribution in [2.45, 2.75) is 37.6 Å². The molecule has 3 rings (SSSR count). The molecule has 1 aromatic carbocycles. The molecule has 19 heavy (non-hydrogen) atoms. The van der Waals surface area contributed by atoms with E-state index in [0.29, 0.717) is 22.8 Å². The number of hydrogen-bond donors (Lipinski definition) is 1. The molecule has 1 heterocycles. The van der Waals surface area contributed by atoms with Gasteiger partial charge in [-0.2, -0.15) is 4.98 Å². The van der Waals surface area contributed by atoms with Crippen molar-refractivity contribution in [3.63, 3.8) is 0 Å². The van der Waals surface area contributed by atoms with Gasteiger partial charge in [0, 0.05) is 22.5 Å². The fourth-order valence-corrected chi connectivity index (χ4v) is 2.70. The highest BCUT2D eigenvalue weighted by molar-refractivity contribution is 6.30. The number of nitrogens with zero attached hydrogens (tertiary/aromatic N) is 2. The molecule has 0 bridgehead atoms. The Bertz CT molecular complexity index is 561. The van der Waals surface area contributed by atoms with Crippen LogP contribution in [0.2, 0.25) is 5.02 Å². The fraction of sp³-hybridized carbons (Fsp3) is 0.429. The van der Waals surface area contributed by atoms with Gasteiger partial charge in [0.1, 0.15) is 0 Å². The maximum atomic E-state index is 5.97. The molecule has 1 aliphatic carbocycles. The minimum absolute atomic E-state index is 0.326. The molecule has 0 saturated heterocycles. The van der Waals surface area contributed by atoms with Crippen LogP contribution in [-0.2, 0) is 0 Å². The second-order valence-electron chi connectivity index (χ2n) is 5.08. The van der Waals surface area contributed by atoms with Crippen LogP contribution in [0.4, 0.5) is 0 Å². The fourth-order valence-electron chi connectivity index (χ4n) is 2.51. The van der Waals surface area contributed by atoms with Gasteiger partial charge in [0.15, 0.2) is 0 Å². The van der Waals surface area contributed by atoms with E-state index in [1.165, 1.54) is 0 Å². The molecule has 0 spiro atoms. The molecule has 1 fully saturated rings. The van der Waals surface area contributed by atoms with Crippen molar-refractivity contribution in [1.82, 2.24) is 10.1 Å². The van der Waals surface area contributed by atoms with Crippen molar-refractivity contribution < 1.29 is 4.52 Å². The van der Waals surface area contributed by atoms with E-state index in [1.54, 1.807) is 0 Å². The van der Waals surface area contributed by atoms with E-state index < -0.39 is 0 Å². The standard InChI is InChI=1S/C14H16ClN3O/c15-11-3-1-2-10(8-11)13-17-14(19-18-13)9-4-6-12(16)7-5-9/h1-3,8-9,12H,4-7,16H2. The van der Waals surface area contributed by atoms with E-state index in [-0.39, 0.29) is 0 Å². The Labute approximate surface area is 117 Å². The van der Waals surface area contributed by atoms with Crippen LogP contribution >= 0.6 is 11.6 Å². The van der Waals surface area contributed by atoms with E-state index in [1.807, 2.05) is 24.3 Å². The molecule has 2 N–H and O–H groups in total. The first-order valence-electron chi connectivity index (χ1n) is 6.57. The summed E-state index contributed by atoms with van der Waals surface area (Å²) in [5, 5.41) is 4.72. The molecule has 0 unspecified atom stereocenters. The predicted octanol–water partition coefficient (Wildman–Crippen LogP) is 3.37. The quantitative estimate of drug-likeness (QED) is 0.914. The zero-order chi connectivity index (χ0) is 13.2. The average molecular weight is 278 g/mol. The lowest BCUT2D eigenvalue weighted by molar-refractivity contribution is 0.301. The van der Waals surface area contributed by atoms with Crippen LogP contribution < -0.4 is 5.73 Å². The normalized spacial score (nSPS) is 23.5. The molecular weight excluding hydrogens is 262 g/mol. The molecule has 0 radical (unpaired) electrons. The van der Waals surface area contributed by atoms with Crippen LogP contribution in [0.25, 0.3) is 11.4 Å². The maximum Gasteiger partial charge on any atom is 0.230 e. The summed E-state index contributed by atoms with van der Waals surface area (Å²) >= 11 is 5.97. The van der Waals surface area contributed by atoms with Crippen LogP contribution in [0, 0.1) is 0 Å². The highest BCUT2D eigenvalue weighted by Crippen LogP contribution is 2.32. The van der Waals surface area contributed by atoms with E-state index >= 15 is 0 Å². The summed E-state index contributed by atoms with van der Waals surface area (Å²) in [6.07, 6.45) is 4.11. The van der Waals surface area contributed by atoms with Gasteiger partial charge in [-0.15, -0.1) is 0 Å². The molecule has 0 amide bonds. The lowest BCUT2D eigenvalue weighted by Crippen LogP contribution is -2.25. The average Bonchev–Trinajstić information content (AvgIpc) is 2.89. The first-order chi connectivity index (χ1) is 9.22. The topological polar surface area (TPSA) is 64.9 Å². The van der Waals surface area contributed by atoms with Gasteiger partial charge < -0.3 is 10.3 Å². The first kappa shape index (κ1) is 12.6. The second-order valence-corrected chi connectivity index (χ2v) is 5.51. The Kier molecular flexibility index (Phi) is 3.53. The van der Waals surface area contributed by atoms with Gasteiger partial charge in [-0.3, -0.25) is 0 Å². The van der Waals surface area contributed by atoms with Crippen LogP contribution in [-0.4, -0.2) is 16.2 Å². The van der Waals surface area contributed by atoms with E-state index in [2.05, 4.69) is 10.1 Å². The Morgan fingerprint density at radius 3 is 2.74 bits per heavy atom. The zero-order valence-electron chi connectivity index (χ0n) is 10.6. The minimum Gasteiger partial charge on any atom is -0.339 e. The van der Waals surface area contributed by atoms with Crippen molar-refractivity contribution in [3.05, 3.63) is 35.2 Å². The molecule has 2 aromatic rings. The van der Waals surface area contributed by atoms with Crippen LogP contribution in [0.1, 0.15) is 37.5 Å². The summed E-state index contributed by atoms with van der Waals surface area (Å²) in [7, 11) is 0.